The Morgan fingerprint density at radius 1 is 1.25 bits per heavy atom. The fourth-order valence-electron chi connectivity index (χ4n) is 2.17. The number of ketones is 1. The Hall–Kier alpha value is -1.31. The fourth-order valence-corrected chi connectivity index (χ4v) is 2.17. The van der Waals surface area contributed by atoms with Crippen LogP contribution >= 0.6 is 0 Å². The summed E-state index contributed by atoms with van der Waals surface area (Å²) in [5, 5.41) is 0. The van der Waals surface area contributed by atoms with E-state index in [0.717, 1.165) is 35.3 Å². The zero-order valence-electron chi connectivity index (χ0n) is 10.2. The predicted molar refractivity (Wildman–Crippen MR) is 64.1 cm³/mol. The maximum absolute atomic E-state index is 12.2. The molecule has 0 atom stereocenters. The first-order chi connectivity index (χ1) is 7.63. The molecule has 2 heteroatoms. The van der Waals surface area contributed by atoms with Crippen molar-refractivity contribution in [2.24, 2.45) is 5.92 Å². The number of ether oxygens (including phenoxy) is 1. The van der Waals surface area contributed by atoms with Gasteiger partial charge < -0.3 is 4.74 Å². The first-order valence-electron chi connectivity index (χ1n) is 5.83. The van der Waals surface area contributed by atoms with Gasteiger partial charge in [-0.15, -0.1) is 0 Å². The van der Waals surface area contributed by atoms with Crippen LogP contribution in [0.3, 0.4) is 0 Å². The van der Waals surface area contributed by atoms with Crippen LogP contribution < -0.4 is 4.74 Å². The second-order valence-corrected chi connectivity index (χ2v) is 4.63. The van der Waals surface area contributed by atoms with Crippen LogP contribution in [0.1, 0.15) is 40.7 Å². The Bertz CT molecular complexity index is 417. The standard InChI is InChI=1S/C14H18O2/c1-9-8-13(16-3)10(2)7-12(9)14(15)11-5-4-6-11/h7-8,11H,4-6H2,1-3H3. The lowest BCUT2D eigenvalue weighted by Crippen LogP contribution is -2.22. The second-order valence-electron chi connectivity index (χ2n) is 4.63. The summed E-state index contributed by atoms with van der Waals surface area (Å²) in [5.74, 6) is 1.45. The van der Waals surface area contributed by atoms with Gasteiger partial charge in [-0.2, -0.15) is 0 Å². The number of hydrogen-bond donors (Lipinski definition) is 0. The number of benzene rings is 1. The molecule has 16 heavy (non-hydrogen) atoms. The SMILES string of the molecule is COc1cc(C)c(C(=O)C2CCC2)cc1C. The molecule has 2 nitrogen and oxygen atoms in total. The maximum atomic E-state index is 12.2. The molecule has 86 valence electrons. The van der Waals surface area contributed by atoms with E-state index in [0.29, 0.717) is 5.78 Å². The number of aryl methyl sites for hydroxylation is 2. The van der Waals surface area contributed by atoms with E-state index >= 15 is 0 Å². The van der Waals surface area contributed by atoms with Crippen molar-refractivity contribution in [1.82, 2.24) is 0 Å². The highest BCUT2D eigenvalue weighted by Crippen LogP contribution is 2.32. The number of carbonyl (C=O) groups is 1. The van der Waals surface area contributed by atoms with Gasteiger partial charge in [0.15, 0.2) is 5.78 Å². The minimum atomic E-state index is 0.270. The fraction of sp³-hybridized carbons (Fsp3) is 0.500. The molecule has 1 aromatic rings. The number of carbonyl (C=O) groups excluding carboxylic acids is 1. The van der Waals surface area contributed by atoms with Crippen molar-refractivity contribution >= 4 is 5.78 Å². The third kappa shape index (κ3) is 1.84. The zero-order valence-corrected chi connectivity index (χ0v) is 10.2. The first-order valence-corrected chi connectivity index (χ1v) is 5.83. The average molecular weight is 218 g/mol. The summed E-state index contributed by atoms with van der Waals surface area (Å²) < 4.78 is 5.25. The molecule has 2 rings (SSSR count). The lowest BCUT2D eigenvalue weighted by molar-refractivity contribution is 0.0854. The highest BCUT2D eigenvalue weighted by atomic mass is 16.5. The van der Waals surface area contributed by atoms with Gasteiger partial charge in [0.25, 0.3) is 0 Å². The van der Waals surface area contributed by atoms with Crippen LogP contribution in [-0.4, -0.2) is 12.9 Å². The number of Topliss-reactive ketones (excluding diaryl/α,β-unsaturated/α-hetero) is 1. The highest BCUT2D eigenvalue weighted by Gasteiger charge is 2.27. The monoisotopic (exact) mass is 218 g/mol. The maximum Gasteiger partial charge on any atom is 0.166 e. The van der Waals surface area contributed by atoms with Gasteiger partial charge in [0.1, 0.15) is 5.75 Å². The molecule has 1 fully saturated rings. The Kier molecular flexibility index (Phi) is 2.99. The third-order valence-corrected chi connectivity index (χ3v) is 3.48. The minimum Gasteiger partial charge on any atom is -0.496 e. The average Bonchev–Trinajstić information content (AvgIpc) is 2.18. The van der Waals surface area contributed by atoms with Crippen LogP contribution in [0.15, 0.2) is 12.1 Å². The summed E-state index contributed by atoms with van der Waals surface area (Å²) in [6.45, 7) is 3.96. The highest BCUT2D eigenvalue weighted by molar-refractivity contribution is 5.99. The van der Waals surface area contributed by atoms with E-state index in [1.807, 2.05) is 26.0 Å². The molecule has 0 bridgehead atoms. The zero-order chi connectivity index (χ0) is 11.7. The van der Waals surface area contributed by atoms with Gasteiger partial charge in [-0.05, 0) is 49.9 Å². The van der Waals surface area contributed by atoms with Crippen molar-refractivity contribution in [3.05, 3.63) is 28.8 Å². The van der Waals surface area contributed by atoms with Crippen LogP contribution in [0.4, 0.5) is 0 Å². The molecule has 0 aromatic heterocycles. The molecule has 0 spiro atoms. The molecule has 0 saturated heterocycles. The number of hydrogen-bond acceptors (Lipinski definition) is 2. The summed E-state index contributed by atoms with van der Waals surface area (Å²) in [6.07, 6.45) is 3.32. The van der Waals surface area contributed by atoms with Crippen molar-refractivity contribution in [3.63, 3.8) is 0 Å². The topological polar surface area (TPSA) is 26.3 Å². The van der Waals surface area contributed by atoms with Crippen LogP contribution in [-0.2, 0) is 0 Å². The molecule has 0 radical (unpaired) electrons. The van der Waals surface area contributed by atoms with E-state index in [1.54, 1.807) is 7.11 Å². The smallest absolute Gasteiger partial charge is 0.166 e. The van der Waals surface area contributed by atoms with Crippen molar-refractivity contribution in [2.75, 3.05) is 7.11 Å². The van der Waals surface area contributed by atoms with Crippen LogP contribution in [0.2, 0.25) is 0 Å². The summed E-state index contributed by atoms with van der Waals surface area (Å²) in [4.78, 5) is 12.2. The molecule has 0 heterocycles. The molecule has 0 aliphatic heterocycles. The van der Waals surface area contributed by atoms with E-state index in [4.69, 9.17) is 4.74 Å². The number of rotatable bonds is 3. The Labute approximate surface area is 96.6 Å². The molecule has 0 amide bonds. The molecule has 1 aliphatic carbocycles. The molecule has 1 aliphatic rings. The molecular formula is C14H18O2. The van der Waals surface area contributed by atoms with Crippen molar-refractivity contribution in [1.29, 1.82) is 0 Å². The van der Waals surface area contributed by atoms with Crippen LogP contribution in [0, 0.1) is 19.8 Å². The molecule has 0 unspecified atom stereocenters. The van der Waals surface area contributed by atoms with E-state index in [9.17, 15) is 4.79 Å². The van der Waals surface area contributed by atoms with Crippen LogP contribution in [0.5, 0.6) is 5.75 Å². The molecular weight excluding hydrogens is 200 g/mol. The predicted octanol–water partition coefficient (Wildman–Crippen LogP) is 3.29. The molecule has 0 N–H and O–H groups in total. The summed E-state index contributed by atoms with van der Waals surface area (Å²) in [6, 6.07) is 3.93. The molecule has 1 saturated carbocycles. The second kappa shape index (κ2) is 4.28. The van der Waals surface area contributed by atoms with Gasteiger partial charge in [0, 0.05) is 11.5 Å². The van der Waals surface area contributed by atoms with Gasteiger partial charge in [-0.25, -0.2) is 0 Å². The molecule has 1 aromatic carbocycles. The summed E-state index contributed by atoms with van der Waals surface area (Å²) in [7, 11) is 1.66. The summed E-state index contributed by atoms with van der Waals surface area (Å²) >= 11 is 0. The van der Waals surface area contributed by atoms with E-state index < -0.39 is 0 Å². The normalized spacial score (nSPS) is 15.7. The van der Waals surface area contributed by atoms with Crippen molar-refractivity contribution in [3.8, 4) is 5.75 Å². The Morgan fingerprint density at radius 3 is 2.44 bits per heavy atom. The van der Waals surface area contributed by atoms with Crippen molar-refractivity contribution < 1.29 is 9.53 Å². The van der Waals surface area contributed by atoms with Gasteiger partial charge in [0.05, 0.1) is 7.11 Å². The van der Waals surface area contributed by atoms with E-state index in [1.165, 1.54) is 6.42 Å². The lowest BCUT2D eigenvalue weighted by Gasteiger charge is -2.24. The van der Waals surface area contributed by atoms with Gasteiger partial charge >= 0.3 is 0 Å². The minimum absolute atomic E-state index is 0.270. The van der Waals surface area contributed by atoms with E-state index in [2.05, 4.69) is 0 Å². The van der Waals surface area contributed by atoms with Gasteiger partial charge in [-0.1, -0.05) is 6.42 Å². The van der Waals surface area contributed by atoms with Gasteiger partial charge in [0.2, 0.25) is 0 Å². The van der Waals surface area contributed by atoms with Gasteiger partial charge in [-0.3, -0.25) is 4.79 Å². The van der Waals surface area contributed by atoms with E-state index in [-0.39, 0.29) is 5.92 Å². The third-order valence-electron chi connectivity index (χ3n) is 3.48. The first kappa shape index (κ1) is 11.2. The summed E-state index contributed by atoms with van der Waals surface area (Å²) in [5.41, 5.74) is 2.94. The lowest BCUT2D eigenvalue weighted by atomic mass is 9.79. The van der Waals surface area contributed by atoms with Crippen LogP contribution in [0.25, 0.3) is 0 Å². The Morgan fingerprint density at radius 2 is 1.94 bits per heavy atom. The quantitative estimate of drug-likeness (QED) is 0.728. The van der Waals surface area contributed by atoms with Crippen molar-refractivity contribution in [2.45, 2.75) is 33.1 Å². The number of methoxy groups -OCH3 is 1. The Balaban J connectivity index is 2.33. The largest absolute Gasteiger partial charge is 0.496 e.